The number of likely N-dealkylation sites (N-methyl/N-ethyl adjacent to an activating group) is 1. The highest BCUT2D eigenvalue weighted by atomic mass is 32.1. The normalized spacial score (nSPS) is 19.5. The highest BCUT2D eigenvalue weighted by Gasteiger charge is 2.17. The number of morpholine rings is 1. The maximum Gasteiger partial charge on any atom is 0.133 e. The van der Waals surface area contributed by atoms with Crippen LogP contribution in [0.25, 0.3) is 10.6 Å². The van der Waals surface area contributed by atoms with Gasteiger partial charge in [0.2, 0.25) is 0 Å². The molecule has 2 heterocycles. The minimum atomic E-state index is -0.227. The monoisotopic (exact) mass is 321 g/mol. The Kier molecular flexibility index (Phi) is 5.15. The molecule has 1 N–H and O–H groups in total. The Morgan fingerprint density at radius 1 is 1.45 bits per heavy atom. The summed E-state index contributed by atoms with van der Waals surface area (Å²) in [5.41, 5.74) is 1.50. The van der Waals surface area contributed by atoms with Crippen molar-refractivity contribution in [1.82, 2.24) is 15.2 Å². The fraction of sp³-hybridized carbons (Fsp3) is 0.438. The van der Waals surface area contributed by atoms with Crippen LogP contribution in [0.3, 0.4) is 0 Å². The first-order valence-electron chi connectivity index (χ1n) is 7.42. The lowest BCUT2D eigenvalue weighted by atomic mass is 10.2. The fourth-order valence-electron chi connectivity index (χ4n) is 2.50. The van der Waals surface area contributed by atoms with Gasteiger partial charge in [-0.2, -0.15) is 0 Å². The van der Waals surface area contributed by atoms with E-state index in [0.717, 1.165) is 36.9 Å². The van der Waals surface area contributed by atoms with E-state index in [1.165, 1.54) is 17.4 Å². The van der Waals surface area contributed by atoms with Crippen molar-refractivity contribution in [2.75, 3.05) is 33.3 Å². The fourth-order valence-corrected chi connectivity index (χ4v) is 3.34. The minimum absolute atomic E-state index is 0.225. The van der Waals surface area contributed by atoms with Gasteiger partial charge in [0.15, 0.2) is 0 Å². The van der Waals surface area contributed by atoms with Crippen LogP contribution in [0.5, 0.6) is 0 Å². The number of rotatable bonds is 5. The highest BCUT2D eigenvalue weighted by Crippen LogP contribution is 2.25. The van der Waals surface area contributed by atoms with Crippen LogP contribution < -0.4 is 5.32 Å². The Morgan fingerprint density at radius 3 is 3.14 bits per heavy atom. The predicted octanol–water partition coefficient (Wildman–Crippen LogP) is 2.37. The van der Waals surface area contributed by atoms with Crippen molar-refractivity contribution >= 4 is 11.3 Å². The van der Waals surface area contributed by atoms with Crippen LogP contribution in [-0.4, -0.2) is 49.3 Å². The minimum Gasteiger partial charge on any atom is -0.374 e. The Balaban J connectivity index is 1.53. The second-order valence-corrected chi connectivity index (χ2v) is 6.37. The van der Waals surface area contributed by atoms with Crippen LogP contribution in [0.2, 0.25) is 0 Å². The molecule has 0 amide bonds. The van der Waals surface area contributed by atoms with Gasteiger partial charge in [-0.3, -0.25) is 0 Å². The third kappa shape index (κ3) is 3.89. The van der Waals surface area contributed by atoms with Crippen molar-refractivity contribution in [2.24, 2.45) is 0 Å². The molecule has 0 radical (unpaired) electrons. The van der Waals surface area contributed by atoms with Crippen LogP contribution in [0.1, 0.15) is 5.69 Å². The third-order valence-electron chi connectivity index (χ3n) is 3.68. The summed E-state index contributed by atoms with van der Waals surface area (Å²) in [4.78, 5) is 6.78. The SMILES string of the molecule is CN1CCO[C@H](CNCc2csc(-c3ccccc3F)n2)C1. The van der Waals surface area contributed by atoms with E-state index in [9.17, 15) is 4.39 Å². The molecular formula is C16H20FN3OS. The Labute approximate surface area is 133 Å². The highest BCUT2D eigenvalue weighted by molar-refractivity contribution is 7.13. The molecule has 1 aliphatic heterocycles. The summed E-state index contributed by atoms with van der Waals surface area (Å²) in [6.45, 7) is 4.21. The van der Waals surface area contributed by atoms with E-state index in [1.54, 1.807) is 12.1 Å². The molecule has 1 aromatic heterocycles. The molecule has 2 aromatic rings. The van der Waals surface area contributed by atoms with Gasteiger partial charge in [-0.15, -0.1) is 11.3 Å². The number of nitrogens with one attached hydrogen (secondary N) is 1. The summed E-state index contributed by atoms with van der Waals surface area (Å²) in [6.07, 6.45) is 0.225. The quantitative estimate of drug-likeness (QED) is 0.917. The zero-order chi connectivity index (χ0) is 15.4. The van der Waals surface area contributed by atoms with E-state index < -0.39 is 0 Å². The van der Waals surface area contributed by atoms with Gasteiger partial charge in [0.25, 0.3) is 0 Å². The summed E-state index contributed by atoms with van der Waals surface area (Å²) >= 11 is 1.47. The first-order valence-corrected chi connectivity index (χ1v) is 8.30. The topological polar surface area (TPSA) is 37.4 Å². The van der Waals surface area contributed by atoms with Gasteiger partial charge in [0.1, 0.15) is 10.8 Å². The zero-order valence-electron chi connectivity index (χ0n) is 12.6. The number of hydrogen-bond acceptors (Lipinski definition) is 5. The molecule has 1 fully saturated rings. The Bertz CT molecular complexity index is 619. The molecule has 3 rings (SSSR count). The molecule has 1 aromatic carbocycles. The van der Waals surface area contributed by atoms with Crippen molar-refractivity contribution in [3.63, 3.8) is 0 Å². The van der Waals surface area contributed by atoms with Crippen molar-refractivity contribution in [3.8, 4) is 10.6 Å². The van der Waals surface area contributed by atoms with Crippen LogP contribution >= 0.6 is 11.3 Å². The number of ether oxygens (including phenoxy) is 1. The lowest BCUT2D eigenvalue weighted by Crippen LogP contribution is -2.44. The van der Waals surface area contributed by atoms with E-state index in [4.69, 9.17) is 4.74 Å². The second-order valence-electron chi connectivity index (χ2n) is 5.51. The van der Waals surface area contributed by atoms with Gasteiger partial charge >= 0.3 is 0 Å². The largest absolute Gasteiger partial charge is 0.374 e. The molecule has 0 saturated carbocycles. The van der Waals surface area contributed by atoms with E-state index in [0.29, 0.717) is 12.1 Å². The Hall–Kier alpha value is -1.34. The van der Waals surface area contributed by atoms with Crippen molar-refractivity contribution < 1.29 is 9.13 Å². The smallest absolute Gasteiger partial charge is 0.133 e. The average molecular weight is 321 g/mol. The van der Waals surface area contributed by atoms with Gasteiger partial charge in [-0.25, -0.2) is 9.37 Å². The van der Waals surface area contributed by atoms with Gasteiger partial charge in [-0.05, 0) is 19.2 Å². The molecule has 0 bridgehead atoms. The summed E-state index contributed by atoms with van der Waals surface area (Å²) in [5.74, 6) is -0.227. The van der Waals surface area contributed by atoms with Crippen LogP contribution in [0, 0.1) is 5.82 Å². The number of halogens is 1. The number of nitrogens with zero attached hydrogens (tertiary/aromatic N) is 2. The van der Waals surface area contributed by atoms with Gasteiger partial charge in [0, 0.05) is 37.1 Å². The second kappa shape index (κ2) is 7.28. The number of hydrogen-bond donors (Lipinski definition) is 1. The number of thiazole rings is 1. The van der Waals surface area contributed by atoms with Crippen molar-refractivity contribution in [2.45, 2.75) is 12.6 Å². The molecule has 0 aliphatic carbocycles. The molecule has 1 atom stereocenters. The lowest BCUT2D eigenvalue weighted by molar-refractivity contribution is -0.0182. The molecular weight excluding hydrogens is 301 g/mol. The van der Waals surface area contributed by atoms with E-state index in [1.807, 2.05) is 11.4 Å². The summed E-state index contributed by atoms with van der Waals surface area (Å²) in [5, 5.41) is 6.07. The van der Waals surface area contributed by atoms with Crippen molar-refractivity contribution in [1.29, 1.82) is 0 Å². The van der Waals surface area contributed by atoms with Crippen molar-refractivity contribution in [3.05, 3.63) is 41.2 Å². The van der Waals surface area contributed by atoms with Gasteiger partial charge < -0.3 is 15.0 Å². The molecule has 0 spiro atoms. The van der Waals surface area contributed by atoms with E-state index in [-0.39, 0.29) is 11.9 Å². The maximum absolute atomic E-state index is 13.7. The third-order valence-corrected chi connectivity index (χ3v) is 4.60. The molecule has 118 valence electrons. The first kappa shape index (κ1) is 15.6. The van der Waals surface area contributed by atoms with E-state index in [2.05, 4.69) is 22.2 Å². The molecule has 6 heteroatoms. The summed E-state index contributed by atoms with van der Waals surface area (Å²) in [7, 11) is 2.11. The van der Waals surface area contributed by atoms with Crippen LogP contribution in [-0.2, 0) is 11.3 Å². The van der Waals surface area contributed by atoms with Crippen LogP contribution in [0.4, 0.5) is 4.39 Å². The predicted molar refractivity (Wildman–Crippen MR) is 86.5 cm³/mol. The zero-order valence-corrected chi connectivity index (χ0v) is 13.4. The first-order chi connectivity index (χ1) is 10.7. The summed E-state index contributed by atoms with van der Waals surface area (Å²) in [6, 6.07) is 6.74. The molecule has 1 saturated heterocycles. The summed E-state index contributed by atoms with van der Waals surface area (Å²) < 4.78 is 19.5. The van der Waals surface area contributed by atoms with E-state index >= 15 is 0 Å². The van der Waals surface area contributed by atoms with Crippen LogP contribution in [0.15, 0.2) is 29.6 Å². The lowest BCUT2D eigenvalue weighted by Gasteiger charge is -2.30. The molecule has 0 unspecified atom stereocenters. The average Bonchev–Trinajstić information content (AvgIpc) is 2.96. The standard InChI is InChI=1S/C16H20FN3OS/c1-20-6-7-21-13(10-20)9-18-8-12-11-22-16(19-12)14-4-2-3-5-15(14)17/h2-5,11,13,18H,6-10H2,1H3/t13-/m1/s1. The molecule has 4 nitrogen and oxygen atoms in total. The molecule has 1 aliphatic rings. The molecule has 22 heavy (non-hydrogen) atoms. The van der Waals surface area contributed by atoms with Gasteiger partial charge in [-0.1, -0.05) is 12.1 Å². The number of aromatic nitrogens is 1. The number of benzene rings is 1. The maximum atomic E-state index is 13.7. The Morgan fingerprint density at radius 2 is 2.32 bits per heavy atom. The van der Waals surface area contributed by atoms with Gasteiger partial charge in [0.05, 0.1) is 18.4 Å².